The minimum Gasteiger partial charge on any atom is -0.493 e. The van der Waals surface area contributed by atoms with Gasteiger partial charge in [-0.3, -0.25) is 14.5 Å². The van der Waals surface area contributed by atoms with Crippen molar-refractivity contribution in [2.24, 2.45) is 23.2 Å². The first-order chi connectivity index (χ1) is 15.8. The Balaban J connectivity index is 1.26. The van der Waals surface area contributed by atoms with Gasteiger partial charge in [-0.15, -0.1) is 0 Å². The Kier molecular flexibility index (Phi) is 4.82. The molecular weight excluding hydrogens is 425 g/mol. The summed E-state index contributed by atoms with van der Waals surface area (Å²) in [6, 6.07) is 1.56. The number of aliphatic carboxylic acids is 1. The first-order valence-corrected chi connectivity index (χ1v) is 12.4. The van der Waals surface area contributed by atoms with Crippen molar-refractivity contribution < 1.29 is 28.6 Å². The third kappa shape index (κ3) is 3.64. The van der Waals surface area contributed by atoms with Crippen molar-refractivity contribution in [3.63, 3.8) is 0 Å². The summed E-state index contributed by atoms with van der Waals surface area (Å²) in [6.45, 7) is 0.592. The maximum absolute atomic E-state index is 15.2. The smallest absolute Gasteiger partial charge is 0.326 e. The third-order valence-corrected chi connectivity index (χ3v) is 8.76. The molecule has 1 aromatic carbocycles. The number of hydrogen-bond acceptors (Lipinski definition) is 4. The van der Waals surface area contributed by atoms with E-state index in [2.05, 4.69) is 0 Å². The molecular formula is C26H30FNO5. The average molecular weight is 456 g/mol. The molecule has 1 atom stereocenters. The lowest BCUT2D eigenvalue weighted by Gasteiger charge is -2.56. The summed E-state index contributed by atoms with van der Waals surface area (Å²) in [5.74, 6) is -0.294. The number of carboxylic acids is 1. The number of likely N-dealkylation sites (tertiary alicyclic amines) is 1. The van der Waals surface area contributed by atoms with Gasteiger partial charge < -0.3 is 9.84 Å². The number of imide groups is 1. The van der Waals surface area contributed by atoms with E-state index in [4.69, 9.17) is 4.74 Å². The quantitative estimate of drug-likeness (QED) is 0.638. The molecule has 7 rings (SSSR count). The van der Waals surface area contributed by atoms with Crippen LogP contribution in [0.5, 0.6) is 5.75 Å². The van der Waals surface area contributed by atoms with E-state index in [-0.39, 0.29) is 29.7 Å². The maximum atomic E-state index is 15.2. The lowest BCUT2D eigenvalue weighted by molar-refractivity contribution is -0.144. The van der Waals surface area contributed by atoms with Crippen molar-refractivity contribution in [1.29, 1.82) is 0 Å². The molecule has 7 heteroatoms. The molecule has 1 heterocycles. The molecule has 1 aromatic rings. The van der Waals surface area contributed by atoms with Gasteiger partial charge in [0.25, 0.3) is 5.91 Å². The van der Waals surface area contributed by atoms with E-state index in [9.17, 15) is 19.5 Å². The minimum atomic E-state index is -1.24. The summed E-state index contributed by atoms with van der Waals surface area (Å²) in [4.78, 5) is 37.5. The predicted molar refractivity (Wildman–Crippen MR) is 116 cm³/mol. The molecule has 0 radical (unpaired) electrons. The van der Waals surface area contributed by atoms with Crippen LogP contribution < -0.4 is 4.74 Å². The van der Waals surface area contributed by atoms with Gasteiger partial charge in [-0.2, -0.15) is 0 Å². The van der Waals surface area contributed by atoms with Crippen molar-refractivity contribution in [2.75, 3.05) is 6.61 Å². The van der Waals surface area contributed by atoms with E-state index in [0.29, 0.717) is 17.3 Å². The maximum Gasteiger partial charge on any atom is 0.326 e. The number of ether oxygens (including phenoxy) is 1. The highest BCUT2D eigenvalue weighted by atomic mass is 19.1. The average Bonchev–Trinajstić information content (AvgIpc) is 3.52. The molecule has 33 heavy (non-hydrogen) atoms. The van der Waals surface area contributed by atoms with Crippen LogP contribution >= 0.6 is 0 Å². The highest BCUT2D eigenvalue weighted by Crippen LogP contribution is 2.60. The Morgan fingerprint density at radius 2 is 1.70 bits per heavy atom. The molecule has 176 valence electrons. The van der Waals surface area contributed by atoms with E-state index < -0.39 is 29.6 Å². The van der Waals surface area contributed by atoms with E-state index in [1.54, 1.807) is 0 Å². The van der Waals surface area contributed by atoms with Crippen LogP contribution in [0.25, 0.3) is 0 Å². The van der Waals surface area contributed by atoms with Gasteiger partial charge in [-0.25, -0.2) is 9.18 Å². The second-order valence-electron chi connectivity index (χ2n) is 11.3. The number of amides is 2. The van der Waals surface area contributed by atoms with E-state index >= 15 is 4.39 Å². The van der Waals surface area contributed by atoms with Gasteiger partial charge in [-0.05, 0) is 93.1 Å². The van der Waals surface area contributed by atoms with Crippen LogP contribution in [0.1, 0.15) is 86.0 Å². The van der Waals surface area contributed by atoms with Crippen molar-refractivity contribution in [2.45, 2.75) is 76.2 Å². The topological polar surface area (TPSA) is 83.9 Å². The monoisotopic (exact) mass is 455 g/mol. The Morgan fingerprint density at radius 1 is 1.06 bits per heavy atom. The molecule has 6 nitrogen and oxygen atoms in total. The highest BCUT2D eigenvalue weighted by molar-refractivity contribution is 6.08. The Bertz CT molecular complexity index is 996. The summed E-state index contributed by atoms with van der Waals surface area (Å²) in [5, 5.41) is 9.39. The normalized spacial score (nSPS) is 34.7. The zero-order valence-corrected chi connectivity index (χ0v) is 18.7. The van der Waals surface area contributed by atoms with Gasteiger partial charge in [0.15, 0.2) is 0 Å². The van der Waals surface area contributed by atoms with Gasteiger partial charge in [0.05, 0.1) is 12.2 Å². The molecule has 2 amide bonds. The standard InChI is InChI=1S/C26H30FNO5/c27-20-9-22(33-13-26-10-14-5-15(11-26)7-16(6-14)12-26)18(17-1-2-17)8-19(20)24(30)28-21(25(31)32)3-4-23(28)29/h8-9,14-17,21H,1-7,10-13H2,(H,31,32)/t14?,15?,16?,21-,26?/m0/s1. The van der Waals surface area contributed by atoms with Crippen LogP contribution in [0.15, 0.2) is 12.1 Å². The zero-order valence-electron chi connectivity index (χ0n) is 18.7. The van der Waals surface area contributed by atoms with Crippen LogP contribution in [0, 0.1) is 29.0 Å². The van der Waals surface area contributed by atoms with Crippen molar-refractivity contribution in [1.82, 2.24) is 4.90 Å². The summed E-state index contributed by atoms with van der Waals surface area (Å²) < 4.78 is 21.5. The molecule has 0 unspecified atom stereocenters. The van der Waals surface area contributed by atoms with E-state index in [1.807, 2.05) is 0 Å². The summed E-state index contributed by atoms with van der Waals surface area (Å²) in [6.07, 6.45) is 9.59. The summed E-state index contributed by atoms with van der Waals surface area (Å²) in [7, 11) is 0. The van der Waals surface area contributed by atoms with Crippen LogP contribution in [-0.2, 0) is 9.59 Å². The number of carbonyl (C=O) groups excluding carboxylic acids is 2. The lowest BCUT2D eigenvalue weighted by atomic mass is 9.50. The molecule has 0 spiro atoms. The second-order valence-corrected chi connectivity index (χ2v) is 11.3. The fourth-order valence-electron chi connectivity index (χ4n) is 7.57. The van der Waals surface area contributed by atoms with Gasteiger partial charge in [0.1, 0.15) is 17.6 Å². The number of halogens is 1. The number of carbonyl (C=O) groups is 3. The Hall–Kier alpha value is -2.44. The number of carboxylic acid groups (broad SMARTS) is 1. The number of rotatable bonds is 6. The molecule has 1 saturated heterocycles. The number of benzene rings is 1. The SMILES string of the molecule is O=C(O)[C@@H]1CCC(=O)N1C(=O)c1cc(C2CC2)c(OCC23CC4CC(CC(C4)C2)C3)cc1F. The van der Waals surface area contributed by atoms with Crippen molar-refractivity contribution >= 4 is 17.8 Å². The molecule has 0 aromatic heterocycles. The highest BCUT2D eigenvalue weighted by Gasteiger charge is 2.51. The molecule has 5 saturated carbocycles. The predicted octanol–water partition coefficient (Wildman–Crippen LogP) is 4.51. The fourth-order valence-corrected chi connectivity index (χ4v) is 7.57. The number of nitrogens with zero attached hydrogens (tertiary/aromatic N) is 1. The van der Waals surface area contributed by atoms with Crippen LogP contribution in [0.4, 0.5) is 4.39 Å². The molecule has 1 N–H and O–H groups in total. The Labute approximate surface area is 192 Å². The summed E-state index contributed by atoms with van der Waals surface area (Å²) >= 11 is 0. The first-order valence-electron chi connectivity index (χ1n) is 12.4. The fraction of sp³-hybridized carbons (Fsp3) is 0.654. The van der Waals surface area contributed by atoms with Gasteiger partial charge in [-0.1, -0.05) is 0 Å². The second kappa shape index (κ2) is 7.54. The largest absolute Gasteiger partial charge is 0.493 e. The van der Waals surface area contributed by atoms with Crippen molar-refractivity contribution in [3.05, 3.63) is 29.1 Å². The van der Waals surface area contributed by atoms with Gasteiger partial charge >= 0.3 is 5.97 Å². The first kappa shape index (κ1) is 21.1. The number of hydrogen-bond donors (Lipinski definition) is 1. The third-order valence-electron chi connectivity index (χ3n) is 8.76. The molecule has 4 bridgehead atoms. The van der Waals surface area contributed by atoms with Crippen molar-refractivity contribution in [3.8, 4) is 5.75 Å². The van der Waals surface area contributed by atoms with Crippen LogP contribution in [0.3, 0.4) is 0 Å². The van der Waals surface area contributed by atoms with Crippen LogP contribution in [-0.4, -0.2) is 40.4 Å². The zero-order chi connectivity index (χ0) is 22.9. The minimum absolute atomic E-state index is 0.0218. The molecule has 6 fully saturated rings. The van der Waals surface area contributed by atoms with E-state index in [0.717, 1.165) is 36.2 Å². The molecule has 6 aliphatic rings. The van der Waals surface area contributed by atoms with Gasteiger partial charge in [0, 0.05) is 17.9 Å². The molecule has 1 aliphatic heterocycles. The summed E-state index contributed by atoms with van der Waals surface area (Å²) in [5.41, 5.74) is 0.764. The Morgan fingerprint density at radius 3 is 2.27 bits per heavy atom. The molecule has 5 aliphatic carbocycles. The lowest BCUT2D eigenvalue weighted by Crippen LogP contribution is -2.48. The van der Waals surface area contributed by atoms with Gasteiger partial charge in [0.2, 0.25) is 5.91 Å². The van der Waals surface area contributed by atoms with E-state index in [1.165, 1.54) is 50.7 Å². The van der Waals surface area contributed by atoms with Crippen LogP contribution in [0.2, 0.25) is 0 Å².